The lowest BCUT2D eigenvalue weighted by Gasteiger charge is -2.26. The van der Waals surface area contributed by atoms with Gasteiger partial charge in [0, 0.05) is 18.7 Å². The molecule has 0 atom stereocenters. The van der Waals surface area contributed by atoms with E-state index in [4.69, 9.17) is 9.47 Å². The van der Waals surface area contributed by atoms with Crippen LogP contribution < -0.4 is 10.1 Å². The lowest BCUT2D eigenvalue weighted by molar-refractivity contribution is 0.0730. The van der Waals surface area contributed by atoms with Crippen molar-refractivity contribution in [3.63, 3.8) is 0 Å². The largest absolute Gasteiger partial charge is 0.455 e. The van der Waals surface area contributed by atoms with Gasteiger partial charge in [0.1, 0.15) is 11.6 Å². The van der Waals surface area contributed by atoms with Gasteiger partial charge in [0.05, 0.1) is 23.8 Å². The average Bonchev–Trinajstić information content (AvgIpc) is 2.82. The summed E-state index contributed by atoms with van der Waals surface area (Å²) in [5, 5.41) is 2.79. The summed E-state index contributed by atoms with van der Waals surface area (Å²) in [5.41, 5.74) is 2.45. The minimum Gasteiger partial charge on any atom is -0.455 e. The van der Waals surface area contributed by atoms with Gasteiger partial charge in [-0.2, -0.15) is 4.31 Å². The van der Waals surface area contributed by atoms with E-state index in [9.17, 15) is 17.6 Å². The van der Waals surface area contributed by atoms with Crippen molar-refractivity contribution in [2.45, 2.75) is 18.7 Å². The first-order valence-corrected chi connectivity index (χ1v) is 12.2. The number of amides is 1. The quantitative estimate of drug-likeness (QED) is 0.557. The fourth-order valence-corrected chi connectivity index (χ4v) is 5.11. The summed E-state index contributed by atoms with van der Waals surface area (Å²) in [6.45, 7) is 4.91. The molecule has 1 aliphatic rings. The monoisotopic (exact) mass is 484 g/mol. The number of hydrogen-bond acceptors (Lipinski definition) is 5. The Hall–Kier alpha value is -3.27. The van der Waals surface area contributed by atoms with E-state index < -0.39 is 21.7 Å². The van der Waals surface area contributed by atoms with Gasteiger partial charge in [-0.1, -0.05) is 17.7 Å². The summed E-state index contributed by atoms with van der Waals surface area (Å²) in [6, 6.07) is 15.1. The Balaban J connectivity index is 1.70. The smallest absolute Gasteiger partial charge is 0.256 e. The molecule has 34 heavy (non-hydrogen) atoms. The zero-order valence-electron chi connectivity index (χ0n) is 18.9. The number of ether oxygens (including phenoxy) is 2. The van der Waals surface area contributed by atoms with Crippen LogP contribution in [-0.4, -0.2) is 44.9 Å². The minimum atomic E-state index is -3.80. The first kappa shape index (κ1) is 23.9. The number of aryl methyl sites for hydroxylation is 2. The summed E-state index contributed by atoms with van der Waals surface area (Å²) in [7, 11) is -3.80. The molecule has 7 nitrogen and oxygen atoms in total. The minimum absolute atomic E-state index is 0.0248. The van der Waals surface area contributed by atoms with Crippen LogP contribution >= 0.6 is 0 Å². The zero-order valence-corrected chi connectivity index (χ0v) is 19.7. The highest BCUT2D eigenvalue weighted by molar-refractivity contribution is 7.89. The van der Waals surface area contributed by atoms with E-state index in [0.29, 0.717) is 24.5 Å². The predicted octanol–water partition coefficient (Wildman–Crippen LogP) is 4.51. The highest BCUT2D eigenvalue weighted by Gasteiger charge is 2.27. The number of rotatable bonds is 6. The molecular weight excluding hydrogens is 459 g/mol. The molecule has 0 unspecified atom stereocenters. The third-order valence-corrected chi connectivity index (χ3v) is 7.37. The summed E-state index contributed by atoms with van der Waals surface area (Å²) in [6.07, 6.45) is 0. The number of carbonyl (C=O) groups excluding carboxylic acids is 1. The molecule has 4 rings (SSSR count). The molecule has 0 radical (unpaired) electrons. The normalized spacial score (nSPS) is 14.6. The van der Waals surface area contributed by atoms with Crippen LogP contribution in [0.25, 0.3) is 0 Å². The molecular formula is C25H25FN2O5S. The van der Waals surface area contributed by atoms with Crippen molar-refractivity contribution in [2.24, 2.45) is 0 Å². The maximum Gasteiger partial charge on any atom is 0.256 e. The molecule has 1 N–H and O–H groups in total. The Labute approximate surface area is 198 Å². The zero-order chi connectivity index (χ0) is 24.3. The standard InChI is InChI=1S/C25H25FN2O5S/c1-17-3-9-22(18(2)15-17)25(29)27-23-16-21(34(30,31)28-11-13-32-14-12-28)8-10-24(23)33-20-6-4-19(26)5-7-20/h3-10,15-16H,11-14H2,1-2H3,(H,27,29). The van der Waals surface area contributed by atoms with Crippen LogP contribution in [0.1, 0.15) is 21.5 Å². The van der Waals surface area contributed by atoms with Crippen molar-refractivity contribution in [2.75, 3.05) is 31.6 Å². The molecule has 0 aliphatic carbocycles. The van der Waals surface area contributed by atoms with Crippen molar-refractivity contribution in [1.82, 2.24) is 4.31 Å². The van der Waals surface area contributed by atoms with Gasteiger partial charge in [0.15, 0.2) is 5.75 Å². The number of nitrogens with zero attached hydrogens (tertiary/aromatic N) is 1. The number of anilines is 1. The maximum atomic E-state index is 13.3. The van der Waals surface area contributed by atoms with Crippen molar-refractivity contribution >= 4 is 21.6 Å². The summed E-state index contributed by atoms with van der Waals surface area (Å²) in [5.74, 6) is -0.247. The van der Waals surface area contributed by atoms with E-state index in [-0.39, 0.29) is 29.4 Å². The van der Waals surface area contributed by atoms with Crippen LogP contribution in [0.5, 0.6) is 11.5 Å². The first-order chi connectivity index (χ1) is 16.2. The van der Waals surface area contributed by atoms with E-state index in [1.807, 2.05) is 26.0 Å². The van der Waals surface area contributed by atoms with Gasteiger partial charge in [0.2, 0.25) is 10.0 Å². The van der Waals surface area contributed by atoms with Crippen LogP contribution in [0.4, 0.5) is 10.1 Å². The fourth-order valence-electron chi connectivity index (χ4n) is 3.68. The second kappa shape index (κ2) is 9.92. The number of sulfonamides is 1. The molecule has 0 spiro atoms. The van der Waals surface area contributed by atoms with Crippen molar-refractivity contribution < 1.29 is 27.1 Å². The Morgan fingerprint density at radius 2 is 1.71 bits per heavy atom. The second-order valence-electron chi connectivity index (χ2n) is 8.00. The maximum absolute atomic E-state index is 13.3. The second-order valence-corrected chi connectivity index (χ2v) is 9.94. The van der Waals surface area contributed by atoms with Gasteiger partial charge >= 0.3 is 0 Å². The molecule has 1 amide bonds. The van der Waals surface area contributed by atoms with E-state index in [1.165, 1.54) is 46.8 Å². The highest BCUT2D eigenvalue weighted by atomic mass is 32.2. The van der Waals surface area contributed by atoms with Crippen molar-refractivity contribution in [3.05, 3.63) is 83.2 Å². The molecule has 9 heteroatoms. The number of hydrogen-bond donors (Lipinski definition) is 1. The van der Waals surface area contributed by atoms with E-state index >= 15 is 0 Å². The number of benzene rings is 3. The molecule has 1 fully saturated rings. The van der Waals surface area contributed by atoms with Crippen LogP contribution in [0.2, 0.25) is 0 Å². The Bertz CT molecular complexity index is 1300. The Morgan fingerprint density at radius 1 is 1.00 bits per heavy atom. The van der Waals surface area contributed by atoms with Crippen LogP contribution in [-0.2, 0) is 14.8 Å². The predicted molar refractivity (Wildman–Crippen MR) is 126 cm³/mol. The Kier molecular flexibility index (Phi) is 6.97. The van der Waals surface area contributed by atoms with Gasteiger partial charge in [-0.05, 0) is 67.9 Å². The van der Waals surface area contributed by atoms with Gasteiger partial charge in [-0.25, -0.2) is 12.8 Å². The molecule has 0 saturated carbocycles. The molecule has 3 aromatic carbocycles. The average molecular weight is 485 g/mol. The van der Waals surface area contributed by atoms with E-state index in [1.54, 1.807) is 6.07 Å². The van der Waals surface area contributed by atoms with Crippen LogP contribution in [0.3, 0.4) is 0 Å². The molecule has 1 saturated heterocycles. The van der Waals surface area contributed by atoms with Crippen molar-refractivity contribution in [3.8, 4) is 11.5 Å². The molecule has 0 bridgehead atoms. The molecule has 178 valence electrons. The lowest BCUT2D eigenvalue weighted by atomic mass is 10.1. The van der Waals surface area contributed by atoms with Gasteiger partial charge in [-0.3, -0.25) is 4.79 Å². The summed E-state index contributed by atoms with van der Waals surface area (Å²) < 4.78 is 52.1. The highest BCUT2D eigenvalue weighted by Crippen LogP contribution is 2.33. The molecule has 3 aromatic rings. The van der Waals surface area contributed by atoms with Crippen LogP contribution in [0.15, 0.2) is 65.6 Å². The van der Waals surface area contributed by atoms with E-state index in [2.05, 4.69) is 5.32 Å². The topological polar surface area (TPSA) is 84.9 Å². The SMILES string of the molecule is Cc1ccc(C(=O)Nc2cc(S(=O)(=O)N3CCOCC3)ccc2Oc2ccc(F)cc2)c(C)c1. The molecule has 1 aliphatic heterocycles. The van der Waals surface area contributed by atoms with Crippen molar-refractivity contribution in [1.29, 1.82) is 0 Å². The molecule has 1 heterocycles. The number of halogens is 1. The van der Waals surface area contributed by atoms with Crippen LogP contribution in [0, 0.1) is 19.7 Å². The van der Waals surface area contributed by atoms with Gasteiger partial charge in [-0.15, -0.1) is 0 Å². The number of carbonyl (C=O) groups is 1. The number of nitrogens with one attached hydrogen (secondary N) is 1. The number of morpholine rings is 1. The molecule has 0 aromatic heterocycles. The fraction of sp³-hybridized carbons (Fsp3) is 0.240. The Morgan fingerprint density at radius 3 is 2.38 bits per heavy atom. The third-order valence-electron chi connectivity index (χ3n) is 5.48. The van der Waals surface area contributed by atoms with Gasteiger partial charge < -0.3 is 14.8 Å². The summed E-state index contributed by atoms with van der Waals surface area (Å²) in [4.78, 5) is 13.1. The summed E-state index contributed by atoms with van der Waals surface area (Å²) >= 11 is 0. The first-order valence-electron chi connectivity index (χ1n) is 10.8. The van der Waals surface area contributed by atoms with E-state index in [0.717, 1.165) is 11.1 Å². The lowest BCUT2D eigenvalue weighted by Crippen LogP contribution is -2.40. The third kappa shape index (κ3) is 5.27. The van der Waals surface area contributed by atoms with Gasteiger partial charge in [0.25, 0.3) is 5.91 Å².